The van der Waals surface area contributed by atoms with Gasteiger partial charge in [-0.3, -0.25) is 4.79 Å². The number of para-hydroxylation sites is 1. The van der Waals surface area contributed by atoms with Crippen molar-refractivity contribution in [2.45, 2.75) is 12.3 Å². The van der Waals surface area contributed by atoms with E-state index >= 15 is 0 Å². The van der Waals surface area contributed by atoms with Crippen molar-refractivity contribution in [1.29, 1.82) is 0 Å². The normalized spacial score (nSPS) is 23.1. The second-order valence-electron chi connectivity index (χ2n) is 5.41. The van der Waals surface area contributed by atoms with Gasteiger partial charge in [0, 0.05) is 5.92 Å². The van der Waals surface area contributed by atoms with Crippen molar-refractivity contribution < 1.29 is 19.1 Å². The molecule has 2 aromatic carbocycles. The van der Waals surface area contributed by atoms with Crippen LogP contribution >= 0.6 is 0 Å². The van der Waals surface area contributed by atoms with Crippen LogP contribution in [0.3, 0.4) is 0 Å². The van der Waals surface area contributed by atoms with E-state index in [1.54, 1.807) is 18.2 Å². The summed E-state index contributed by atoms with van der Waals surface area (Å²) in [5.74, 6) is -0.996. The fourth-order valence-electron chi connectivity index (χ4n) is 3.02. The highest BCUT2D eigenvalue weighted by Gasteiger charge is 2.41. The maximum absolute atomic E-state index is 12.3. The molecule has 0 spiro atoms. The number of carbonyl (C=O) groups excluding carboxylic acids is 2. The first-order valence-corrected chi connectivity index (χ1v) is 7.09. The van der Waals surface area contributed by atoms with E-state index in [0.717, 1.165) is 11.1 Å². The topological polar surface area (TPSA) is 52.6 Å². The molecule has 2 aliphatic rings. The molecule has 2 heterocycles. The van der Waals surface area contributed by atoms with E-state index in [9.17, 15) is 9.59 Å². The maximum Gasteiger partial charge on any atom is 0.339 e. The van der Waals surface area contributed by atoms with Gasteiger partial charge < -0.3 is 9.47 Å². The van der Waals surface area contributed by atoms with Crippen LogP contribution < -0.4 is 4.74 Å². The van der Waals surface area contributed by atoms with Crippen LogP contribution in [0.25, 0.3) is 0 Å². The number of hydrogen-bond donors (Lipinski definition) is 0. The van der Waals surface area contributed by atoms with E-state index in [1.165, 1.54) is 0 Å². The van der Waals surface area contributed by atoms with E-state index in [2.05, 4.69) is 6.61 Å². The molecule has 2 unspecified atom stereocenters. The van der Waals surface area contributed by atoms with Gasteiger partial charge in [0.25, 0.3) is 0 Å². The lowest BCUT2D eigenvalue weighted by Gasteiger charge is -2.31. The molecule has 0 aliphatic carbocycles. The zero-order valence-electron chi connectivity index (χ0n) is 11.6. The minimum Gasteiger partial charge on any atom is -0.446 e. The summed E-state index contributed by atoms with van der Waals surface area (Å²) in [4.78, 5) is 24.1. The molecule has 4 rings (SSSR count). The molecule has 4 heteroatoms. The molecule has 0 fully saturated rings. The Kier molecular flexibility index (Phi) is 2.96. The molecule has 2 aliphatic heterocycles. The Morgan fingerprint density at radius 2 is 1.77 bits per heavy atom. The quantitative estimate of drug-likeness (QED) is 0.599. The zero-order valence-corrected chi connectivity index (χ0v) is 11.6. The molecule has 0 amide bonds. The van der Waals surface area contributed by atoms with Gasteiger partial charge in [0.1, 0.15) is 5.75 Å². The molecule has 22 heavy (non-hydrogen) atoms. The van der Waals surface area contributed by atoms with Crippen molar-refractivity contribution in [2.75, 3.05) is 0 Å². The van der Waals surface area contributed by atoms with Gasteiger partial charge in [0.2, 0.25) is 6.61 Å². The Balaban J connectivity index is 1.73. The molecular formula is C18H12O4. The third kappa shape index (κ3) is 1.99. The van der Waals surface area contributed by atoms with Crippen molar-refractivity contribution in [3.8, 4) is 5.75 Å². The van der Waals surface area contributed by atoms with Crippen molar-refractivity contribution in [3.05, 3.63) is 71.8 Å². The summed E-state index contributed by atoms with van der Waals surface area (Å²) < 4.78 is 10.4. The Morgan fingerprint density at radius 3 is 2.68 bits per heavy atom. The molecular weight excluding hydrogens is 280 g/mol. The largest absolute Gasteiger partial charge is 0.446 e. The summed E-state index contributed by atoms with van der Waals surface area (Å²) in [5, 5.41) is 0. The first-order chi connectivity index (χ1) is 10.7. The van der Waals surface area contributed by atoms with Gasteiger partial charge in [-0.1, -0.05) is 36.4 Å². The molecule has 2 aromatic rings. The van der Waals surface area contributed by atoms with Crippen molar-refractivity contribution in [1.82, 2.24) is 0 Å². The standard InChI is InChI=1S/C18H12O4/c19-17-13-7-3-2-6-12(13)15(10-21-17)14-9-11-5-1-4-8-16(11)22-18(14)20/h1-8,14-15H,9H2. The van der Waals surface area contributed by atoms with Crippen LogP contribution in [0.1, 0.15) is 27.4 Å². The third-order valence-corrected chi connectivity index (χ3v) is 4.12. The number of benzene rings is 2. The zero-order chi connectivity index (χ0) is 15.1. The first kappa shape index (κ1) is 13.1. The van der Waals surface area contributed by atoms with E-state index in [-0.39, 0.29) is 5.97 Å². The average Bonchev–Trinajstić information content (AvgIpc) is 2.55. The summed E-state index contributed by atoms with van der Waals surface area (Å²) in [6.07, 6.45) is 0.540. The lowest BCUT2D eigenvalue weighted by atomic mass is 9.78. The number of cyclic esters (lactones) is 1. The lowest BCUT2D eigenvalue weighted by molar-refractivity contribution is -0.141. The summed E-state index contributed by atoms with van der Waals surface area (Å²) in [5.41, 5.74) is 2.22. The van der Waals surface area contributed by atoms with E-state index in [4.69, 9.17) is 9.47 Å². The van der Waals surface area contributed by atoms with E-state index < -0.39 is 17.8 Å². The highest BCUT2D eigenvalue weighted by atomic mass is 16.5. The van der Waals surface area contributed by atoms with Crippen LogP contribution in [0.5, 0.6) is 5.75 Å². The minimum absolute atomic E-state index is 0.316. The molecule has 4 nitrogen and oxygen atoms in total. The fourth-order valence-corrected chi connectivity index (χ4v) is 3.02. The van der Waals surface area contributed by atoms with Crippen molar-refractivity contribution in [3.63, 3.8) is 0 Å². The highest BCUT2D eigenvalue weighted by molar-refractivity contribution is 5.93. The molecule has 0 N–H and O–H groups in total. The van der Waals surface area contributed by atoms with Crippen LogP contribution in [0.15, 0.2) is 48.5 Å². The van der Waals surface area contributed by atoms with E-state index in [0.29, 0.717) is 17.7 Å². The Hall–Kier alpha value is -2.62. The summed E-state index contributed by atoms with van der Waals surface area (Å²) >= 11 is 0. The predicted molar refractivity (Wildman–Crippen MR) is 77.1 cm³/mol. The highest BCUT2D eigenvalue weighted by Crippen LogP contribution is 2.40. The number of ether oxygens (including phenoxy) is 2. The smallest absolute Gasteiger partial charge is 0.339 e. The molecule has 0 aromatic heterocycles. The summed E-state index contributed by atoms with van der Waals surface area (Å²) in [6.45, 7) is 2.71. The monoisotopic (exact) mass is 292 g/mol. The molecule has 108 valence electrons. The molecule has 2 atom stereocenters. The van der Waals surface area contributed by atoms with Crippen LogP contribution in [0.4, 0.5) is 0 Å². The maximum atomic E-state index is 12.3. The average molecular weight is 292 g/mol. The van der Waals surface area contributed by atoms with Crippen LogP contribution in [0.2, 0.25) is 0 Å². The molecule has 0 saturated heterocycles. The van der Waals surface area contributed by atoms with Gasteiger partial charge in [-0.05, 0) is 29.7 Å². The van der Waals surface area contributed by atoms with Gasteiger partial charge in [-0.2, -0.15) is 0 Å². The van der Waals surface area contributed by atoms with Gasteiger partial charge in [-0.25, -0.2) is 4.79 Å². The number of fused-ring (bicyclic) bond motifs is 2. The van der Waals surface area contributed by atoms with Crippen molar-refractivity contribution >= 4 is 11.9 Å². The van der Waals surface area contributed by atoms with Crippen LogP contribution in [-0.4, -0.2) is 11.9 Å². The molecule has 2 radical (unpaired) electrons. The van der Waals surface area contributed by atoms with E-state index in [1.807, 2.05) is 30.3 Å². The van der Waals surface area contributed by atoms with Gasteiger partial charge in [-0.15, -0.1) is 0 Å². The van der Waals surface area contributed by atoms with Gasteiger partial charge in [0.15, 0.2) is 0 Å². The Morgan fingerprint density at radius 1 is 1.00 bits per heavy atom. The second-order valence-corrected chi connectivity index (χ2v) is 5.41. The number of rotatable bonds is 1. The lowest BCUT2D eigenvalue weighted by Crippen LogP contribution is -2.35. The van der Waals surface area contributed by atoms with Crippen LogP contribution in [-0.2, 0) is 16.0 Å². The Bertz CT molecular complexity index is 765. The Labute approximate surface area is 127 Å². The van der Waals surface area contributed by atoms with Crippen molar-refractivity contribution in [2.24, 2.45) is 5.92 Å². The third-order valence-electron chi connectivity index (χ3n) is 4.12. The SMILES string of the molecule is O=C1O[C]C(C2Cc3ccccc3OC2=O)c2ccccc21. The number of carbonyl (C=O) groups is 2. The predicted octanol–water partition coefficient (Wildman–Crippen LogP) is 2.76. The fraction of sp³-hybridized carbons (Fsp3) is 0.167. The van der Waals surface area contributed by atoms with Crippen LogP contribution in [0, 0.1) is 12.5 Å². The minimum atomic E-state index is -0.441. The molecule has 0 saturated carbocycles. The summed E-state index contributed by atoms with van der Waals surface area (Å²) in [6, 6.07) is 14.6. The van der Waals surface area contributed by atoms with Gasteiger partial charge >= 0.3 is 11.9 Å². The van der Waals surface area contributed by atoms with Gasteiger partial charge in [0.05, 0.1) is 11.5 Å². The first-order valence-electron chi connectivity index (χ1n) is 7.09. The molecule has 0 bridgehead atoms. The second kappa shape index (κ2) is 4.98. The number of esters is 2. The summed E-state index contributed by atoms with van der Waals surface area (Å²) in [7, 11) is 0. The number of hydrogen-bond acceptors (Lipinski definition) is 4.